The van der Waals surface area contributed by atoms with Gasteiger partial charge in [0.15, 0.2) is 5.95 Å². The van der Waals surface area contributed by atoms with Crippen molar-refractivity contribution in [2.24, 2.45) is 0 Å². The summed E-state index contributed by atoms with van der Waals surface area (Å²) < 4.78 is 5.68. The molecule has 1 fully saturated rings. The minimum absolute atomic E-state index is 0.405. The summed E-state index contributed by atoms with van der Waals surface area (Å²) in [6, 6.07) is 1.82. The van der Waals surface area contributed by atoms with Crippen molar-refractivity contribution >= 4 is 17.0 Å². The van der Waals surface area contributed by atoms with E-state index in [0.717, 1.165) is 17.6 Å². The van der Waals surface area contributed by atoms with E-state index in [2.05, 4.69) is 19.9 Å². The highest BCUT2D eigenvalue weighted by Gasteiger charge is 2.10. The normalized spacial score (nSPS) is 16.8. The fraction of sp³-hybridized carbons (Fsp3) is 0.538. The van der Waals surface area contributed by atoms with Crippen molar-refractivity contribution in [2.75, 3.05) is 32.0 Å². The van der Waals surface area contributed by atoms with Crippen LogP contribution in [0.1, 0.15) is 19.3 Å². The van der Waals surface area contributed by atoms with Crippen LogP contribution in [0.2, 0.25) is 0 Å². The van der Waals surface area contributed by atoms with Gasteiger partial charge in [0.1, 0.15) is 6.61 Å². The number of imidazole rings is 1. The van der Waals surface area contributed by atoms with E-state index < -0.39 is 0 Å². The van der Waals surface area contributed by atoms with Crippen LogP contribution in [0.15, 0.2) is 12.3 Å². The Bertz CT molecular complexity index is 547. The van der Waals surface area contributed by atoms with Gasteiger partial charge >= 0.3 is 0 Å². The van der Waals surface area contributed by atoms with Crippen LogP contribution in [0.3, 0.4) is 0 Å². The first-order chi connectivity index (χ1) is 9.31. The van der Waals surface area contributed by atoms with Gasteiger partial charge in [0.05, 0.1) is 17.2 Å². The smallest absolute Gasteiger partial charge is 0.215 e. The number of pyridine rings is 1. The zero-order valence-corrected chi connectivity index (χ0v) is 10.9. The number of nitrogens with one attached hydrogen (secondary N) is 1. The molecule has 0 radical (unpaired) electrons. The van der Waals surface area contributed by atoms with Crippen molar-refractivity contribution in [1.82, 2.24) is 19.9 Å². The Labute approximate surface area is 112 Å². The van der Waals surface area contributed by atoms with E-state index >= 15 is 0 Å². The molecule has 102 valence electrons. The Balaban J connectivity index is 1.55. The molecular weight excluding hydrogens is 242 g/mol. The summed E-state index contributed by atoms with van der Waals surface area (Å²) in [5, 5.41) is 0. The molecule has 1 aliphatic rings. The number of H-pyrrole nitrogens is 1. The molecule has 0 unspecified atom stereocenters. The molecule has 0 amide bonds. The lowest BCUT2D eigenvalue weighted by atomic mass is 10.1. The molecule has 0 aromatic carbocycles. The first kappa shape index (κ1) is 12.2. The monoisotopic (exact) mass is 261 g/mol. The number of ether oxygens (including phenoxy) is 1. The molecule has 6 nitrogen and oxygen atoms in total. The minimum Gasteiger partial charge on any atom is -0.476 e. The molecule has 3 N–H and O–H groups in total. The van der Waals surface area contributed by atoms with Crippen molar-refractivity contribution in [3.63, 3.8) is 0 Å². The number of likely N-dealkylation sites (tertiary alicyclic amines) is 1. The van der Waals surface area contributed by atoms with Crippen LogP contribution in [0.4, 0.5) is 5.95 Å². The Kier molecular flexibility index (Phi) is 3.50. The quantitative estimate of drug-likeness (QED) is 0.869. The Morgan fingerprint density at radius 1 is 1.32 bits per heavy atom. The van der Waals surface area contributed by atoms with Crippen LogP contribution in [-0.2, 0) is 0 Å². The second-order valence-electron chi connectivity index (χ2n) is 4.91. The topological polar surface area (TPSA) is 80.1 Å². The molecule has 0 bridgehead atoms. The summed E-state index contributed by atoms with van der Waals surface area (Å²) in [7, 11) is 0. The maximum Gasteiger partial charge on any atom is 0.215 e. The van der Waals surface area contributed by atoms with Crippen LogP contribution in [-0.4, -0.2) is 46.1 Å². The van der Waals surface area contributed by atoms with Crippen molar-refractivity contribution in [1.29, 1.82) is 0 Å². The predicted octanol–water partition coefficient (Wildman–Crippen LogP) is 1.40. The molecule has 3 rings (SSSR count). The second kappa shape index (κ2) is 5.44. The SMILES string of the molecule is Nc1nc2cc(OCCN3CCCCC3)ncc2[nH]1. The van der Waals surface area contributed by atoms with Gasteiger partial charge in [-0.3, -0.25) is 4.90 Å². The van der Waals surface area contributed by atoms with E-state index in [1.165, 1.54) is 32.4 Å². The fourth-order valence-electron chi connectivity index (χ4n) is 2.45. The number of fused-ring (bicyclic) bond motifs is 1. The standard InChI is InChI=1S/C13H19N5O/c14-13-16-10-8-12(15-9-11(10)17-13)19-7-6-18-4-2-1-3-5-18/h8-9H,1-7H2,(H3,14,16,17). The molecule has 0 saturated carbocycles. The number of hydrogen-bond donors (Lipinski definition) is 2. The average Bonchev–Trinajstić information content (AvgIpc) is 2.79. The highest BCUT2D eigenvalue weighted by molar-refractivity contribution is 5.76. The molecule has 19 heavy (non-hydrogen) atoms. The number of hydrogen-bond acceptors (Lipinski definition) is 5. The molecule has 2 aromatic rings. The van der Waals surface area contributed by atoms with E-state index in [9.17, 15) is 0 Å². The summed E-state index contributed by atoms with van der Waals surface area (Å²) >= 11 is 0. The Morgan fingerprint density at radius 3 is 3.00 bits per heavy atom. The molecular formula is C13H19N5O. The van der Waals surface area contributed by atoms with Crippen molar-refractivity contribution in [2.45, 2.75) is 19.3 Å². The van der Waals surface area contributed by atoms with Gasteiger partial charge in [-0.25, -0.2) is 9.97 Å². The maximum atomic E-state index is 5.68. The van der Waals surface area contributed by atoms with Crippen LogP contribution in [0, 0.1) is 0 Å². The molecule has 2 aromatic heterocycles. The first-order valence-corrected chi connectivity index (χ1v) is 6.78. The molecule has 0 spiro atoms. The number of nitrogens with zero attached hydrogens (tertiary/aromatic N) is 3. The van der Waals surface area contributed by atoms with Crippen molar-refractivity contribution in [3.05, 3.63) is 12.3 Å². The average molecular weight is 261 g/mol. The van der Waals surface area contributed by atoms with Gasteiger partial charge in [-0.05, 0) is 25.9 Å². The van der Waals surface area contributed by atoms with Crippen molar-refractivity contribution < 1.29 is 4.74 Å². The third kappa shape index (κ3) is 2.96. The number of anilines is 1. The molecule has 1 saturated heterocycles. The van der Waals surface area contributed by atoms with Gasteiger partial charge < -0.3 is 15.5 Å². The number of nitrogens with two attached hydrogens (primary N) is 1. The van der Waals surface area contributed by atoms with Crippen LogP contribution in [0.5, 0.6) is 5.88 Å². The lowest BCUT2D eigenvalue weighted by Crippen LogP contribution is -2.33. The highest BCUT2D eigenvalue weighted by atomic mass is 16.5. The summed E-state index contributed by atoms with van der Waals surface area (Å²) in [5.74, 6) is 1.01. The molecule has 3 heterocycles. The predicted molar refractivity (Wildman–Crippen MR) is 74.1 cm³/mol. The van der Waals surface area contributed by atoms with Gasteiger partial charge in [0.2, 0.25) is 5.88 Å². The number of aromatic amines is 1. The number of rotatable bonds is 4. The zero-order chi connectivity index (χ0) is 13.1. The van der Waals surface area contributed by atoms with Gasteiger partial charge in [-0.1, -0.05) is 6.42 Å². The van der Waals surface area contributed by atoms with E-state index in [1.807, 2.05) is 6.07 Å². The van der Waals surface area contributed by atoms with E-state index in [0.29, 0.717) is 18.4 Å². The molecule has 1 aliphatic heterocycles. The first-order valence-electron chi connectivity index (χ1n) is 6.78. The summed E-state index contributed by atoms with van der Waals surface area (Å²) in [6.07, 6.45) is 5.67. The Morgan fingerprint density at radius 2 is 2.16 bits per heavy atom. The van der Waals surface area contributed by atoms with Gasteiger partial charge in [-0.15, -0.1) is 0 Å². The zero-order valence-electron chi connectivity index (χ0n) is 10.9. The van der Waals surface area contributed by atoms with Crippen LogP contribution in [0.25, 0.3) is 11.0 Å². The molecule has 0 aliphatic carbocycles. The largest absolute Gasteiger partial charge is 0.476 e. The van der Waals surface area contributed by atoms with Crippen molar-refractivity contribution in [3.8, 4) is 5.88 Å². The number of nitrogen functional groups attached to an aromatic ring is 1. The lowest BCUT2D eigenvalue weighted by molar-refractivity contribution is 0.180. The van der Waals surface area contributed by atoms with E-state index in [-0.39, 0.29) is 0 Å². The van der Waals surface area contributed by atoms with Gasteiger partial charge in [0.25, 0.3) is 0 Å². The summed E-state index contributed by atoms with van der Waals surface area (Å²) in [5.41, 5.74) is 7.22. The summed E-state index contributed by atoms with van der Waals surface area (Å²) in [6.45, 7) is 4.00. The van der Waals surface area contributed by atoms with Gasteiger partial charge in [-0.2, -0.15) is 0 Å². The minimum atomic E-state index is 0.405. The van der Waals surface area contributed by atoms with E-state index in [4.69, 9.17) is 10.5 Å². The third-order valence-corrected chi connectivity index (χ3v) is 3.47. The highest BCUT2D eigenvalue weighted by Crippen LogP contribution is 2.16. The third-order valence-electron chi connectivity index (χ3n) is 3.47. The summed E-state index contributed by atoms with van der Waals surface area (Å²) in [4.78, 5) is 13.8. The van der Waals surface area contributed by atoms with Gasteiger partial charge in [0, 0.05) is 12.6 Å². The van der Waals surface area contributed by atoms with E-state index in [1.54, 1.807) is 6.20 Å². The maximum absolute atomic E-state index is 5.68. The number of aromatic nitrogens is 3. The van der Waals surface area contributed by atoms with Crippen LogP contribution >= 0.6 is 0 Å². The molecule has 0 atom stereocenters. The number of piperidine rings is 1. The molecule has 6 heteroatoms. The Hall–Kier alpha value is -1.82. The lowest BCUT2D eigenvalue weighted by Gasteiger charge is -2.25. The second-order valence-corrected chi connectivity index (χ2v) is 4.91. The van der Waals surface area contributed by atoms with Crippen LogP contribution < -0.4 is 10.5 Å². The fourth-order valence-corrected chi connectivity index (χ4v) is 2.45.